The molecule has 0 aromatic carbocycles. The molecule has 3 aliphatic heterocycles. The predicted octanol–water partition coefficient (Wildman–Crippen LogP) is -1.78. The Hall–Kier alpha value is -1.40. The summed E-state index contributed by atoms with van der Waals surface area (Å²) in [5.41, 5.74) is -1.75. The van der Waals surface area contributed by atoms with E-state index in [1.807, 2.05) is 0 Å². The molecule has 0 aromatic rings. The lowest BCUT2D eigenvalue weighted by atomic mass is 9.97. The number of carbonyl (C=O) groups is 2. The Bertz CT molecular complexity index is 317. The molecule has 0 saturated carbocycles. The normalized spacial score (nSPS) is 37.2. The van der Waals surface area contributed by atoms with Gasteiger partial charge in [0.25, 0.3) is 11.8 Å². The van der Waals surface area contributed by atoms with Gasteiger partial charge in [0, 0.05) is 0 Å². The molecular formula is C8H10N2O4. The molecule has 3 heterocycles. The molecule has 14 heavy (non-hydrogen) atoms. The maximum atomic E-state index is 11.4. The summed E-state index contributed by atoms with van der Waals surface area (Å²) in [6.45, 7) is 3.79. The predicted molar refractivity (Wildman–Crippen MR) is 44.7 cm³/mol. The van der Waals surface area contributed by atoms with Crippen LogP contribution in [0.15, 0.2) is 12.2 Å². The van der Waals surface area contributed by atoms with Crippen LogP contribution in [0.1, 0.15) is 6.42 Å². The summed E-state index contributed by atoms with van der Waals surface area (Å²) in [6.07, 6.45) is -0.670. The van der Waals surface area contributed by atoms with Crippen molar-refractivity contribution < 1.29 is 19.4 Å². The van der Waals surface area contributed by atoms with Gasteiger partial charge in [-0.15, -0.1) is 0 Å². The number of hydrogen-bond acceptors (Lipinski definition) is 4. The van der Waals surface area contributed by atoms with E-state index in [1.54, 1.807) is 0 Å². The largest absolute Gasteiger partial charge is 0.360 e. The van der Waals surface area contributed by atoms with Crippen LogP contribution < -0.4 is 10.6 Å². The first-order valence-electron chi connectivity index (χ1n) is 4.19. The van der Waals surface area contributed by atoms with Crippen molar-refractivity contribution in [3.63, 3.8) is 0 Å². The molecule has 6 heteroatoms. The third-order valence-electron chi connectivity index (χ3n) is 2.33. The van der Waals surface area contributed by atoms with Crippen molar-refractivity contribution in [2.75, 3.05) is 6.61 Å². The smallest absolute Gasteiger partial charge is 0.280 e. The highest BCUT2D eigenvalue weighted by Gasteiger charge is 2.48. The van der Waals surface area contributed by atoms with Crippen molar-refractivity contribution >= 4 is 11.8 Å². The highest BCUT2D eigenvalue weighted by Crippen LogP contribution is 2.22. The standard InChI is InChI=1S/C8H10N2O4/c1-4-2-3-14-6-5(11)10-8(4,13)7(12)9-6/h6,13H,1-3H2,(H,9,12)(H,10,11)/t6?,8-/m1/s1. The second-order valence-electron chi connectivity index (χ2n) is 3.28. The van der Waals surface area contributed by atoms with E-state index in [1.165, 1.54) is 0 Å². The lowest BCUT2D eigenvalue weighted by Gasteiger charge is -2.39. The molecule has 3 N–H and O–H groups in total. The van der Waals surface area contributed by atoms with Gasteiger partial charge in [-0.3, -0.25) is 9.59 Å². The average molecular weight is 198 g/mol. The third-order valence-corrected chi connectivity index (χ3v) is 2.33. The van der Waals surface area contributed by atoms with Crippen LogP contribution in [0, 0.1) is 0 Å². The summed E-state index contributed by atoms with van der Waals surface area (Å²) >= 11 is 0. The SMILES string of the molecule is C=C1CCOC2NC(=O)[C@@]1(O)NC2=O. The Balaban J connectivity index is 2.39. The van der Waals surface area contributed by atoms with Crippen molar-refractivity contribution in [1.29, 1.82) is 0 Å². The number of amides is 2. The molecule has 0 spiro atoms. The van der Waals surface area contributed by atoms with Crippen molar-refractivity contribution in [1.82, 2.24) is 10.6 Å². The highest BCUT2D eigenvalue weighted by atomic mass is 16.5. The monoisotopic (exact) mass is 198 g/mol. The van der Waals surface area contributed by atoms with Crippen molar-refractivity contribution in [3.8, 4) is 0 Å². The lowest BCUT2D eigenvalue weighted by Crippen LogP contribution is -2.71. The zero-order valence-corrected chi connectivity index (χ0v) is 7.37. The fourth-order valence-corrected chi connectivity index (χ4v) is 1.44. The van der Waals surface area contributed by atoms with Crippen LogP contribution in [0.25, 0.3) is 0 Å². The van der Waals surface area contributed by atoms with Gasteiger partial charge in [-0.2, -0.15) is 0 Å². The number of aliphatic hydroxyl groups is 1. The summed E-state index contributed by atoms with van der Waals surface area (Å²) in [7, 11) is 0. The number of nitrogens with one attached hydrogen (secondary N) is 2. The third kappa shape index (κ3) is 1.11. The van der Waals surface area contributed by atoms with Gasteiger partial charge in [-0.25, -0.2) is 0 Å². The summed E-state index contributed by atoms with van der Waals surface area (Å²) in [6, 6.07) is 0. The molecule has 2 bridgehead atoms. The van der Waals surface area contributed by atoms with Gasteiger partial charge in [-0.05, 0) is 12.0 Å². The number of ether oxygens (including phenoxy) is 1. The van der Waals surface area contributed by atoms with Crippen LogP contribution in [-0.4, -0.2) is 35.5 Å². The molecule has 2 atom stereocenters. The fraction of sp³-hybridized carbons (Fsp3) is 0.500. The molecule has 0 radical (unpaired) electrons. The van der Waals surface area contributed by atoms with Crippen LogP contribution in [0.5, 0.6) is 0 Å². The van der Waals surface area contributed by atoms with Crippen LogP contribution in [0.2, 0.25) is 0 Å². The first kappa shape index (κ1) is 9.17. The van der Waals surface area contributed by atoms with Gasteiger partial charge in [0.1, 0.15) is 0 Å². The van der Waals surface area contributed by atoms with Crippen molar-refractivity contribution in [3.05, 3.63) is 12.2 Å². The minimum absolute atomic E-state index is 0.224. The van der Waals surface area contributed by atoms with E-state index >= 15 is 0 Å². The van der Waals surface area contributed by atoms with E-state index in [0.29, 0.717) is 6.42 Å². The topological polar surface area (TPSA) is 87.7 Å². The zero-order chi connectivity index (χ0) is 10.3. The van der Waals surface area contributed by atoms with Crippen molar-refractivity contribution in [2.24, 2.45) is 0 Å². The van der Waals surface area contributed by atoms with Crippen LogP contribution in [-0.2, 0) is 14.3 Å². The van der Waals surface area contributed by atoms with E-state index < -0.39 is 23.8 Å². The second-order valence-corrected chi connectivity index (χ2v) is 3.28. The van der Waals surface area contributed by atoms with E-state index in [4.69, 9.17) is 4.74 Å². The second kappa shape index (κ2) is 2.79. The lowest BCUT2D eigenvalue weighted by molar-refractivity contribution is -0.168. The van der Waals surface area contributed by atoms with Gasteiger partial charge < -0.3 is 20.5 Å². The molecule has 0 aromatic heterocycles. The first-order valence-corrected chi connectivity index (χ1v) is 4.19. The van der Waals surface area contributed by atoms with Crippen LogP contribution in [0.4, 0.5) is 0 Å². The zero-order valence-electron chi connectivity index (χ0n) is 7.37. The average Bonchev–Trinajstić information content (AvgIpc) is 2.12. The Labute approximate surface area is 79.9 Å². The number of carbonyl (C=O) groups excluding carboxylic acids is 2. The number of piperazine rings is 1. The molecule has 1 unspecified atom stereocenters. The number of rotatable bonds is 0. The number of hydrogen-bond donors (Lipinski definition) is 3. The molecule has 3 fully saturated rings. The van der Waals surface area contributed by atoms with Gasteiger partial charge >= 0.3 is 0 Å². The van der Waals surface area contributed by atoms with Gasteiger partial charge in [0.05, 0.1) is 6.61 Å². The summed E-state index contributed by atoms with van der Waals surface area (Å²) < 4.78 is 5.05. The molecule has 3 aliphatic rings. The summed E-state index contributed by atoms with van der Waals surface area (Å²) in [4.78, 5) is 22.7. The van der Waals surface area contributed by atoms with Gasteiger partial charge in [-0.1, -0.05) is 6.58 Å². The first-order chi connectivity index (χ1) is 6.54. The molecule has 6 nitrogen and oxygen atoms in total. The summed E-state index contributed by atoms with van der Waals surface area (Å²) in [5.74, 6) is -1.26. The van der Waals surface area contributed by atoms with Crippen molar-refractivity contribution in [2.45, 2.75) is 18.4 Å². The van der Waals surface area contributed by atoms with Crippen LogP contribution >= 0.6 is 0 Å². The number of fused-ring (bicyclic) bond motifs is 5. The Morgan fingerprint density at radius 3 is 3.00 bits per heavy atom. The molecule has 2 amide bonds. The highest BCUT2D eigenvalue weighted by molar-refractivity contribution is 6.00. The molecule has 76 valence electrons. The van der Waals surface area contributed by atoms with E-state index in [9.17, 15) is 14.7 Å². The van der Waals surface area contributed by atoms with Gasteiger partial charge in [0.15, 0.2) is 0 Å². The molecule has 0 aliphatic carbocycles. The van der Waals surface area contributed by atoms with Gasteiger partial charge in [0.2, 0.25) is 12.0 Å². The van der Waals surface area contributed by atoms with E-state index in [2.05, 4.69) is 17.2 Å². The molecule has 3 rings (SSSR count). The fourth-order valence-electron chi connectivity index (χ4n) is 1.44. The summed E-state index contributed by atoms with van der Waals surface area (Å²) in [5, 5.41) is 14.3. The Morgan fingerprint density at radius 2 is 2.29 bits per heavy atom. The Kier molecular flexibility index (Phi) is 1.83. The minimum Gasteiger partial charge on any atom is -0.360 e. The van der Waals surface area contributed by atoms with Crippen LogP contribution in [0.3, 0.4) is 0 Å². The Morgan fingerprint density at radius 1 is 1.57 bits per heavy atom. The maximum Gasteiger partial charge on any atom is 0.280 e. The van der Waals surface area contributed by atoms with E-state index in [0.717, 1.165) is 0 Å². The minimum atomic E-state index is -1.97. The quantitative estimate of drug-likeness (QED) is 0.402. The maximum absolute atomic E-state index is 11.4. The molecular weight excluding hydrogens is 188 g/mol. The molecule has 3 saturated heterocycles. The van der Waals surface area contributed by atoms with E-state index in [-0.39, 0.29) is 12.2 Å².